The maximum Gasteiger partial charge on any atom is 0.333 e. The Balaban J connectivity index is 2.29. The molecular formula is C20H18ClF2NO3. The zero-order valence-corrected chi connectivity index (χ0v) is 15.5. The van der Waals surface area contributed by atoms with E-state index in [4.69, 9.17) is 16.3 Å². The summed E-state index contributed by atoms with van der Waals surface area (Å²) in [5.41, 5.74) is 0.809. The normalized spacial score (nSPS) is 12.0. The third-order valence-corrected chi connectivity index (χ3v) is 4.01. The van der Waals surface area contributed by atoms with E-state index in [0.29, 0.717) is 10.6 Å². The minimum atomic E-state index is -1.21. The fourth-order valence-corrected chi connectivity index (χ4v) is 2.64. The number of nitrogens with zero attached hydrogens (tertiary/aromatic N) is 1. The highest BCUT2D eigenvalue weighted by atomic mass is 35.5. The number of carbonyl (C=O) groups is 2. The van der Waals surface area contributed by atoms with E-state index in [9.17, 15) is 18.4 Å². The third kappa shape index (κ3) is 5.37. The van der Waals surface area contributed by atoms with Gasteiger partial charge in [-0.2, -0.15) is 0 Å². The molecule has 0 radical (unpaired) electrons. The van der Waals surface area contributed by atoms with Crippen molar-refractivity contribution < 1.29 is 23.1 Å². The number of ether oxygens (including phenoxy) is 1. The molecule has 0 aliphatic rings. The highest BCUT2D eigenvalue weighted by Gasteiger charge is 2.29. The predicted octanol–water partition coefficient (Wildman–Crippen LogP) is 4.39. The molecule has 2 rings (SSSR count). The third-order valence-electron chi connectivity index (χ3n) is 3.77. The summed E-state index contributed by atoms with van der Waals surface area (Å²) < 4.78 is 31.8. The summed E-state index contributed by atoms with van der Waals surface area (Å²) in [4.78, 5) is 25.9. The van der Waals surface area contributed by atoms with Crippen LogP contribution in [0.15, 0.2) is 48.5 Å². The number of rotatable bonds is 6. The molecule has 2 aromatic rings. The molecule has 1 unspecified atom stereocenters. The van der Waals surface area contributed by atoms with E-state index < -0.39 is 29.6 Å². The second-order valence-corrected chi connectivity index (χ2v) is 6.10. The van der Waals surface area contributed by atoms with Gasteiger partial charge in [0.15, 0.2) is 17.7 Å². The second kappa shape index (κ2) is 9.28. The molecule has 2 aromatic carbocycles. The number of esters is 1. The van der Waals surface area contributed by atoms with Crippen LogP contribution in [0, 0.1) is 11.6 Å². The highest BCUT2D eigenvalue weighted by Crippen LogP contribution is 2.24. The van der Waals surface area contributed by atoms with Crippen molar-refractivity contribution in [3.05, 3.63) is 76.3 Å². The van der Waals surface area contributed by atoms with E-state index in [1.807, 2.05) is 0 Å². The Morgan fingerprint density at radius 1 is 1.19 bits per heavy atom. The lowest BCUT2D eigenvalue weighted by molar-refractivity contribution is -0.152. The van der Waals surface area contributed by atoms with Gasteiger partial charge in [-0.3, -0.25) is 4.79 Å². The topological polar surface area (TPSA) is 46.6 Å². The number of halogens is 3. The van der Waals surface area contributed by atoms with Crippen molar-refractivity contribution in [2.24, 2.45) is 0 Å². The fourth-order valence-electron chi connectivity index (χ4n) is 2.44. The van der Waals surface area contributed by atoms with Crippen molar-refractivity contribution in [1.82, 2.24) is 4.90 Å². The molecule has 0 aliphatic heterocycles. The fraction of sp³-hybridized carbons (Fsp3) is 0.200. The first-order valence-corrected chi connectivity index (χ1v) is 8.53. The standard InChI is InChI=1S/C20H18ClF2NO3/c1-3-27-20(26)19(14-8-9-16(22)17(23)12-14)24(2)18(25)10-7-13-5-4-6-15(21)11-13/h4-12,19H,3H2,1-2H3/b10-7+. The number of amides is 1. The molecular weight excluding hydrogens is 376 g/mol. The van der Waals surface area contributed by atoms with Gasteiger partial charge in [-0.1, -0.05) is 29.8 Å². The lowest BCUT2D eigenvalue weighted by atomic mass is 10.0. The molecule has 0 spiro atoms. The van der Waals surface area contributed by atoms with Crippen LogP contribution in [0.2, 0.25) is 5.02 Å². The van der Waals surface area contributed by atoms with Gasteiger partial charge in [0.2, 0.25) is 5.91 Å². The average molecular weight is 394 g/mol. The van der Waals surface area contributed by atoms with Crippen LogP contribution in [0.5, 0.6) is 0 Å². The molecule has 0 saturated heterocycles. The van der Waals surface area contributed by atoms with Gasteiger partial charge in [0, 0.05) is 18.1 Å². The average Bonchev–Trinajstić information content (AvgIpc) is 2.63. The highest BCUT2D eigenvalue weighted by molar-refractivity contribution is 6.30. The van der Waals surface area contributed by atoms with Crippen LogP contribution in [-0.4, -0.2) is 30.4 Å². The van der Waals surface area contributed by atoms with Crippen LogP contribution in [0.25, 0.3) is 6.08 Å². The van der Waals surface area contributed by atoms with Crippen LogP contribution >= 0.6 is 11.6 Å². The van der Waals surface area contributed by atoms with E-state index in [1.54, 1.807) is 31.2 Å². The van der Waals surface area contributed by atoms with Crippen LogP contribution in [0.1, 0.15) is 24.1 Å². The molecule has 0 N–H and O–H groups in total. The van der Waals surface area contributed by atoms with Gasteiger partial charge in [0.1, 0.15) is 0 Å². The first-order valence-electron chi connectivity index (χ1n) is 8.15. The first-order chi connectivity index (χ1) is 12.8. The maximum absolute atomic E-state index is 13.6. The van der Waals surface area contributed by atoms with Gasteiger partial charge >= 0.3 is 5.97 Å². The van der Waals surface area contributed by atoms with Gasteiger partial charge < -0.3 is 9.64 Å². The number of hydrogen-bond acceptors (Lipinski definition) is 3. The van der Waals surface area contributed by atoms with Crippen LogP contribution < -0.4 is 0 Å². The van der Waals surface area contributed by atoms with Gasteiger partial charge in [-0.15, -0.1) is 0 Å². The van der Waals surface area contributed by atoms with Crippen molar-refractivity contribution in [2.45, 2.75) is 13.0 Å². The van der Waals surface area contributed by atoms with Crippen molar-refractivity contribution in [1.29, 1.82) is 0 Å². The first kappa shape index (κ1) is 20.6. The van der Waals surface area contributed by atoms with E-state index in [0.717, 1.165) is 17.0 Å². The minimum absolute atomic E-state index is 0.0827. The summed E-state index contributed by atoms with van der Waals surface area (Å²) in [6.45, 7) is 1.69. The van der Waals surface area contributed by atoms with E-state index >= 15 is 0 Å². The summed E-state index contributed by atoms with van der Waals surface area (Å²) in [5.74, 6) is -3.42. The number of likely N-dealkylation sites (N-methyl/N-ethyl adjacent to an activating group) is 1. The van der Waals surface area contributed by atoms with Gasteiger partial charge in [-0.05, 0) is 48.4 Å². The molecule has 0 saturated carbocycles. The molecule has 142 valence electrons. The molecule has 0 heterocycles. The lowest BCUT2D eigenvalue weighted by Crippen LogP contribution is -2.36. The molecule has 0 bridgehead atoms. The lowest BCUT2D eigenvalue weighted by Gasteiger charge is -2.26. The monoisotopic (exact) mass is 393 g/mol. The summed E-state index contributed by atoms with van der Waals surface area (Å²) in [6.07, 6.45) is 2.80. The molecule has 0 aromatic heterocycles. The predicted molar refractivity (Wildman–Crippen MR) is 99.0 cm³/mol. The number of carbonyl (C=O) groups excluding carboxylic acids is 2. The summed E-state index contributed by atoms with van der Waals surface area (Å²) >= 11 is 5.90. The van der Waals surface area contributed by atoms with Crippen molar-refractivity contribution >= 4 is 29.6 Å². The quantitative estimate of drug-likeness (QED) is 0.540. The Kier molecular flexibility index (Phi) is 7.07. The smallest absolute Gasteiger partial charge is 0.333 e. The molecule has 27 heavy (non-hydrogen) atoms. The largest absolute Gasteiger partial charge is 0.464 e. The summed E-state index contributed by atoms with van der Waals surface area (Å²) in [6, 6.07) is 8.67. The van der Waals surface area contributed by atoms with Crippen LogP contribution in [0.3, 0.4) is 0 Å². The number of hydrogen-bond donors (Lipinski definition) is 0. The zero-order valence-electron chi connectivity index (χ0n) is 14.8. The SMILES string of the molecule is CCOC(=O)C(c1ccc(F)c(F)c1)N(C)C(=O)/C=C/c1cccc(Cl)c1. The van der Waals surface area contributed by atoms with Crippen LogP contribution in [0.4, 0.5) is 8.78 Å². The van der Waals surface area contributed by atoms with Gasteiger partial charge in [0.05, 0.1) is 6.61 Å². The van der Waals surface area contributed by atoms with Gasteiger partial charge in [0.25, 0.3) is 0 Å². The Labute approximate surface area is 161 Å². The molecule has 4 nitrogen and oxygen atoms in total. The zero-order chi connectivity index (χ0) is 20.0. The second-order valence-electron chi connectivity index (χ2n) is 5.67. The molecule has 0 fully saturated rings. The molecule has 1 amide bonds. The molecule has 7 heteroatoms. The summed E-state index contributed by atoms with van der Waals surface area (Å²) in [5, 5.41) is 0.518. The Hall–Kier alpha value is -2.73. The Morgan fingerprint density at radius 3 is 2.56 bits per heavy atom. The Bertz CT molecular complexity index is 870. The van der Waals surface area contributed by atoms with Crippen molar-refractivity contribution in [2.75, 3.05) is 13.7 Å². The maximum atomic E-state index is 13.6. The van der Waals surface area contributed by atoms with E-state index in [1.165, 1.54) is 25.3 Å². The summed E-state index contributed by atoms with van der Waals surface area (Å²) in [7, 11) is 1.38. The van der Waals surface area contributed by atoms with E-state index in [2.05, 4.69) is 0 Å². The molecule has 0 aliphatic carbocycles. The molecule has 1 atom stereocenters. The Morgan fingerprint density at radius 2 is 1.93 bits per heavy atom. The minimum Gasteiger partial charge on any atom is -0.464 e. The van der Waals surface area contributed by atoms with Crippen LogP contribution in [-0.2, 0) is 14.3 Å². The van der Waals surface area contributed by atoms with Gasteiger partial charge in [-0.25, -0.2) is 13.6 Å². The number of benzene rings is 2. The van der Waals surface area contributed by atoms with Crippen molar-refractivity contribution in [3.63, 3.8) is 0 Å². The van der Waals surface area contributed by atoms with Crippen molar-refractivity contribution in [3.8, 4) is 0 Å². The van der Waals surface area contributed by atoms with E-state index in [-0.39, 0.29) is 12.2 Å².